The summed E-state index contributed by atoms with van der Waals surface area (Å²) in [6, 6.07) is 2.40. The summed E-state index contributed by atoms with van der Waals surface area (Å²) in [5.74, 6) is -3.48. The standard InChI is InChI=1S/C21H26F5N3O4S/c1-34(31,32)27-20(30)15-6-14(13-2-3-13)19(7-17(15)22)33-11-12-8-29(9-12)28-5-4-16(18(23)10-28)21(24,25)26/h6-7,12-13,16,18H,2-5,8-11H2,1H3,(H,27,30). The van der Waals surface area contributed by atoms with Crippen molar-refractivity contribution in [2.24, 2.45) is 11.8 Å². The Morgan fingerprint density at radius 1 is 1.15 bits per heavy atom. The van der Waals surface area contributed by atoms with Crippen LogP contribution in [0.2, 0.25) is 0 Å². The van der Waals surface area contributed by atoms with E-state index in [2.05, 4.69) is 0 Å². The summed E-state index contributed by atoms with van der Waals surface area (Å²) < 4.78 is 97.3. The molecule has 2 saturated heterocycles. The first kappa shape index (κ1) is 25.1. The molecule has 34 heavy (non-hydrogen) atoms. The summed E-state index contributed by atoms with van der Waals surface area (Å²) in [5, 5.41) is 3.40. The SMILES string of the molecule is CS(=O)(=O)NC(=O)c1cc(C2CC2)c(OCC2CN(N3CCC(C(F)(F)F)C(F)C3)C2)cc1F. The maximum atomic E-state index is 14.6. The molecule has 1 saturated carbocycles. The molecule has 13 heteroatoms. The maximum Gasteiger partial charge on any atom is 0.394 e. The van der Waals surface area contributed by atoms with Crippen molar-refractivity contribution in [1.29, 1.82) is 0 Å². The topological polar surface area (TPSA) is 78.9 Å². The first-order chi connectivity index (χ1) is 15.8. The molecule has 2 heterocycles. The maximum absolute atomic E-state index is 14.6. The number of piperidine rings is 1. The van der Waals surface area contributed by atoms with Gasteiger partial charge in [-0.25, -0.2) is 31.9 Å². The largest absolute Gasteiger partial charge is 0.493 e. The molecule has 1 N–H and O–H groups in total. The number of nitrogens with zero attached hydrogens (tertiary/aromatic N) is 2. The Morgan fingerprint density at radius 3 is 2.38 bits per heavy atom. The third-order valence-corrected chi connectivity index (χ3v) is 6.95. The number of halogens is 5. The molecule has 3 fully saturated rings. The van der Waals surface area contributed by atoms with Crippen molar-refractivity contribution >= 4 is 15.9 Å². The van der Waals surface area contributed by atoms with E-state index < -0.39 is 40.0 Å². The average Bonchev–Trinajstić information content (AvgIpc) is 3.49. The quantitative estimate of drug-likeness (QED) is 0.568. The van der Waals surface area contributed by atoms with Crippen LogP contribution in [0.25, 0.3) is 0 Å². The van der Waals surface area contributed by atoms with E-state index in [1.54, 1.807) is 14.7 Å². The molecule has 1 amide bonds. The first-order valence-corrected chi connectivity index (χ1v) is 12.9. The zero-order valence-electron chi connectivity index (χ0n) is 18.4. The van der Waals surface area contributed by atoms with Crippen molar-refractivity contribution in [2.45, 2.75) is 37.5 Å². The fraction of sp³-hybridized carbons (Fsp3) is 0.667. The summed E-state index contributed by atoms with van der Waals surface area (Å²) in [5.41, 5.74) is 0.253. The van der Waals surface area contributed by atoms with Crippen LogP contribution in [0.5, 0.6) is 5.75 Å². The molecule has 0 radical (unpaired) electrons. The second-order valence-corrected chi connectivity index (χ2v) is 11.0. The van der Waals surface area contributed by atoms with E-state index in [0.717, 1.165) is 25.2 Å². The van der Waals surface area contributed by atoms with Crippen LogP contribution in [-0.2, 0) is 10.0 Å². The van der Waals surface area contributed by atoms with E-state index in [1.165, 1.54) is 6.07 Å². The van der Waals surface area contributed by atoms with Crippen LogP contribution in [0.1, 0.15) is 41.1 Å². The van der Waals surface area contributed by atoms with Crippen LogP contribution in [0.4, 0.5) is 22.0 Å². The highest BCUT2D eigenvalue weighted by molar-refractivity contribution is 7.89. The fourth-order valence-electron chi connectivity index (χ4n) is 4.41. The highest BCUT2D eigenvalue weighted by Gasteiger charge is 2.49. The zero-order chi connectivity index (χ0) is 24.8. The third-order valence-electron chi connectivity index (χ3n) is 6.39. The van der Waals surface area contributed by atoms with Gasteiger partial charge in [0.1, 0.15) is 17.7 Å². The Morgan fingerprint density at radius 2 is 1.82 bits per heavy atom. The van der Waals surface area contributed by atoms with Gasteiger partial charge in [-0.2, -0.15) is 13.2 Å². The van der Waals surface area contributed by atoms with Crippen molar-refractivity contribution in [2.75, 3.05) is 39.0 Å². The molecule has 0 aromatic heterocycles. The number of ether oxygens (including phenoxy) is 1. The zero-order valence-corrected chi connectivity index (χ0v) is 19.3. The number of benzene rings is 1. The Bertz CT molecular complexity index is 1040. The second-order valence-electron chi connectivity index (χ2n) is 9.26. The van der Waals surface area contributed by atoms with Gasteiger partial charge in [0.15, 0.2) is 0 Å². The number of carbonyl (C=O) groups is 1. The van der Waals surface area contributed by atoms with Gasteiger partial charge in [-0.3, -0.25) is 4.79 Å². The monoisotopic (exact) mass is 511 g/mol. The minimum absolute atomic E-state index is 0.0294. The Kier molecular flexibility index (Phi) is 6.82. The number of nitrogens with one attached hydrogen (secondary N) is 1. The molecule has 0 bridgehead atoms. The van der Waals surface area contributed by atoms with E-state index >= 15 is 0 Å². The third kappa shape index (κ3) is 5.80. The van der Waals surface area contributed by atoms with Gasteiger partial charge < -0.3 is 4.74 Å². The number of hydrogen-bond donors (Lipinski definition) is 1. The molecule has 1 aliphatic carbocycles. The van der Waals surface area contributed by atoms with Crippen molar-refractivity contribution in [3.63, 3.8) is 0 Å². The van der Waals surface area contributed by atoms with E-state index in [1.807, 2.05) is 0 Å². The molecular weight excluding hydrogens is 485 g/mol. The lowest BCUT2D eigenvalue weighted by atomic mass is 9.94. The lowest BCUT2D eigenvalue weighted by Gasteiger charge is -2.49. The summed E-state index contributed by atoms with van der Waals surface area (Å²) in [7, 11) is -3.85. The van der Waals surface area contributed by atoms with Gasteiger partial charge in [0.25, 0.3) is 5.91 Å². The number of sulfonamides is 1. The predicted molar refractivity (Wildman–Crippen MR) is 112 cm³/mol. The molecule has 0 spiro atoms. The number of hydrazine groups is 1. The van der Waals surface area contributed by atoms with E-state index in [0.29, 0.717) is 18.7 Å². The molecule has 7 nitrogen and oxygen atoms in total. The van der Waals surface area contributed by atoms with Crippen molar-refractivity contribution in [1.82, 2.24) is 14.7 Å². The van der Waals surface area contributed by atoms with Gasteiger partial charge >= 0.3 is 6.18 Å². The van der Waals surface area contributed by atoms with Gasteiger partial charge in [-0.05, 0) is 36.8 Å². The Balaban J connectivity index is 1.33. The molecule has 1 aromatic carbocycles. The van der Waals surface area contributed by atoms with Gasteiger partial charge in [-0.1, -0.05) is 0 Å². The molecule has 2 aliphatic heterocycles. The molecule has 2 atom stereocenters. The minimum Gasteiger partial charge on any atom is -0.493 e. The number of hydrogen-bond acceptors (Lipinski definition) is 6. The van der Waals surface area contributed by atoms with Gasteiger partial charge in [0, 0.05) is 38.2 Å². The number of rotatable bonds is 7. The van der Waals surface area contributed by atoms with E-state index in [4.69, 9.17) is 4.74 Å². The molecule has 190 valence electrons. The molecule has 3 aliphatic rings. The Hall–Kier alpha value is -1.99. The highest BCUT2D eigenvalue weighted by Crippen LogP contribution is 2.45. The summed E-state index contributed by atoms with van der Waals surface area (Å²) in [6.07, 6.45) is -4.31. The number of alkyl halides is 4. The second kappa shape index (κ2) is 9.23. The van der Waals surface area contributed by atoms with Crippen LogP contribution in [0, 0.1) is 17.7 Å². The van der Waals surface area contributed by atoms with Gasteiger partial charge in [0.05, 0.1) is 24.3 Å². The summed E-state index contributed by atoms with van der Waals surface area (Å²) in [6.45, 7) is 1.03. The number of amides is 1. The lowest BCUT2D eigenvalue weighted by Crippen LogP contribution is -2.61. The summed E-state index contributed by atoms with van der Waals surface area (Å²) in [4.78, 5) is 12.1. The van der Waals surface area contributed by atoms with Gasteiger partial charge in [0.2, 0.25) is 10.0 Å². The molecule has 1 aromatic rings. The van der Waals surface area contributed by atoms with Crippen molar-refractivity contribution in [3.8, 4) is 5.75 Å². The minimum atomic E-state index is -4.54. The fourth-order valence-corrected chi connectivity index (χ4v) is 4.86. The molecule has 2 unspecified atom stereocenters. The van der Waals surface area contributed by atoms with Crippen LogP contribution in [0.15, 0.2) is 12.1 Å². The smallest absolute Gasteiger partial charge is 0.394 e. The van der Waals surface area contributed by atoms with E-state index in [-0.39, 0.29) is 49.3 Å². The Labute approximate surface area is 194 Å². The van der Waals surface area contributed by atoms with Crippen LogP contribution in [-0.4, -0.2) is 75.7 Å². The first-order valence-electron chi connectivity index (χ1n) is 11.0. The highest BCUT2D eigenvalue weighted by atomic mass is 32.2. The van der Waals surface area contributed by atoms with Crippen LogP contribution in [0.3, 0.4) is 0 Å². The van der Waals surface area contributed by atoms with E-state index in [9.17, 15) is 35.2 Å². The summed E-state index contributed by atoms with van der Waals surface area (Å²) >= 11 is 0. The predicted octanol–water partition coefficient (Wildman–Crippen LogP) is 2.84. The lowest BCUT2D eigenvalue weighted by molar-refractivity contribution is -0.222. The van der Waals surface area contributed by atoms with Crippen LogP contribution >= 0.6 is 0 Å². The van der Waals surface area contributed by atoms with Crippen molar-refractivity contribution < 1.29 is 39.9 Å². The normalized spacial score (nSPS) is 25.1. The molecule has 4 rings (SSSR count). The van der Waals surface area contributed by atoms with Gasteiger partial charge in [-0.15, -0.1) is 0 Å². The average molecular weight is 512 g/mol. The number of carbonyl (C=O) groups excluding carboxylic acids is 1. The van der Waals surface area contributed by atoms with Crippen LogP contribution < -0.4 is 9.46 Å². The van der Waals surface area contributed by atoms with Crippen molar-refractivity contribution in [3.05, 3.63) is 29.1 Å². The molecular formula is C21H26F5N3O4S.